The lowest BCUT2D eigenvalue weighted by molar-refractivity contribution is -0.132. The van der Waals surface area contributed by atoms with Crippen molar-refractivity contribution in [3.8, 4) is 5.69 Å². The molecule has 0 spiro atoms. The fraction of sp³-hybridized carbons (Fsp3) is 0.579. The summed E-state index contributed by atoms with van der Waals surface area (Å²) < 4.78 is 1.78. The molecular weight excluding hydrogens is 342 g/mol. The number of amides is 1. The Labute approximate surface area is 159 Å². The third-order valence-electron chi connectivity index (χ3n) is 5.43. The van der Waals surface area contributed by atoms with Crippen LogP contribution in [0.2, 0.25) is 0 Å². The Hall–Kier alpha value is -2.48. The van der Waals surface area contributed by atoms with E-state index < -0.39 is 0 Å². The van der Waals surface area contributed by atoms with Gasteiger partial charge in [0.2, 0.25) is 11.9 Å². The Morgan fingerprint density at radius 3 is 2.30 bits per heavy atom. The molecule has 0 unspecified atom stereocenters. The Morgan fingerprint density at radius 1 is 0.889 bits per heavy atom. The maximum atomic E-state index is 12.6. The van der Waals surface area contributed by atoms with E-state index in [0.29, 0.717) is 6.54 Å². The quantitative estimate of drug-likeness (QED) is 0.806. The van der Waals surface area contributed by atoms with Gasteiger partial charge in [-0.05, 0) is 35.4 Å². The SMILES string of the molecule is O=C(CN1CCN(c2nnnn2-c2ccccc2)CC1)N1CCCCCC1. The molecule has 0 radical (unpaired) electrons. The lowest BCUT2D eigenvalue weighted by Gasteiger charge is -2.35. The molecule has 0 atom stereocenters. The van der Waals surface area contributed by atoms with Crippen molar-refractivity contribution in [2.24, 2.45) is 0 Å². The molecule has 1 amide bonds. The molecule has 2 aliphatic rings. The first-order valence-electron chi connectivity index (χ1n) is 9.90. The van der Waals surface area contributed by atoms with Gasteiger partial charge in [0.05, 0.1) is 12.2 Å². The van der Waals surface area contributed by atoms with Crippen LogP contribution in [0.15, 0.2) is 30.3 Å². The number of carbonyl (C=O) groups is 1. The first kappa shape index (κ1) is 17.9. The molecule has 8 heteroatoms. The van der Waals surface area contributed by atoms with Gasteiger partial charge in [-0.3, -0.25) is 9.69 Å². The van der Waals surface area contributed by atoms with Crippen molar-refractivity contribution in [3.63, 3.8) is 0 Å². The zero-order valence-electron chi connectivity index (χ0n) is 15.7. The molecule has 144 valence electrons. The smallest absolute Gasteiger partial charge is 0.250 e. The van der Waals surface area contributed by atoms with Gasteiger partial charge < -0.3 is 9.80 Å². The highest BCUT2D eigenvalue weighted by Crippen LogP contribution is 2.17. The molecule has 0 saturated carbocycles. The van der Waals surface area contributed by atoms with Crippen molar-refractivity contribution < 1.29 is 4.79 Å². The molecule has 8 nitrogen and oxygen atoms in total. The van der Waals surface area contributed by atoms with Crippen LogP contribution in [0.25, 0.3) is 5.69 Å². The number of hydrogen-bond donors (Lipinski definition) is 0. The van der Waals surface area contributed by atoms with Gasteiger partial charge in [0.1, 0.15) is 0 Å². The number of likely N-dealkylation sites (tertiary alicyclic amines) is 1. The number of piperazine rings is 1. The van der Waals surface area contributed by atoms with Crippen LogP contribution in [-0.4, -0.2) is 81.7 Å². The summed E-state index contributed by atoms with van der Waals surface area (Å²) in [7, 11) is 0. The number of carbonyl (C=O) groups excluding carboxylic acids is 1. The number of hydrogen-bond acceptors (Lipinski definition) is 6. The molecule has 1 aromatic heterocycles. The van der Waals surface area contributed by atoms with Crippen molar-refractivity contribution in [1.82, 2.24) is 30.0 Å². The molecule has 2 aromatic rings. The maximum Gasteiger partial charge on any atom is 0.250 e. The van der Waals surface area contributed by atoms with Gasteiger partial charge in [0, 0.05) is 39.3 Å². The molecule has 2 saturated heterocycles. The van der Waals surface area contributed by atoms with E-state index in [4.69, 9.17) is 0 Å². The van der Waals surface area contributed by atoms with E-state index in [1.165, 1.54) is 12.8 Å². The topological polar surface area (TPSA) is 70.4 Å². The third-order valence-corrected chi connectivity index (χ3v) is 5.43. The molecule has 0 N–H and O–H groups in total. The molecule has 4 rings (SSSR count). The van der Waals surface area contributed by atoms with Crippen molar-refractivity contribution in [1.29, 1.82) is 0 Å². The number of anilines is 1. The molecule has 0 aliphatic carbocycles. The lowest BCUT2D eigenvalue weighted by atomic mass is 10.2. The minimum atomic E-state index is 0.277. The highest BCUT2D eigenvalue weighted by Gasteiger charge is 2.25. The molecule has 27 heavy (non-hydrogen) atoms. The fourth-order valence-electron chi connectivity index (χ4n) is 3.83. The van der Waals surface area contributed by atoms with Crippen LogP contribution in [0, 0.1) is 0 Å². The van der Waals surface area contributed by atoms with E-state index in [0.717, 1.165) is 63.7 Å². The summed E-state index contributed by atoms with van der Waals surface area (Å²) in [5, 5.41) is 12.2. The van der Waals surface area contributed by atoms with Crippen LogP contribution < -0.4 is 4.90 Å². The molecule has 3 heterocycles. The normalized spacial score (nSPS) is 19.1. The van der Waals surface area contributed by atoms with Crippen LogP contribution in [-0.2, 0) is 4.79 Å². The minimum Gasteiger partial charge on any atom is -0.342 e. The second-order valence-electron chi connectivity index (χ2n) is 7.28. The average Bonchev–Trinajstić information content (AvgIpc) is 3.04. The van der Waals surface area contributed by atoms with Gasteiger partial charge in [-0.15, -0.1) is 0 Å². The van der Waals surface area contributed by atoms with Gasteiger partial charge >= 0.3 is 0 Å². The number of aromatic nitrogens is 4. The van der Waals surface area contributed by atoms with E-state index in [9.17, 15) is 4.79 Å². The summed E-state index contributed by atoms with van der Waals surface area (Å²) >= 11 is 0. The van der Waals surface area contributed by atoms with Crippen molar-refractivity contribution in [2.45, 2.75) is 25.7 Å². The number of nitrogens with zero attached hydrogens (tertiary/aromatic N) is 7. The number of para-hydroxylation sites is 1. The third kappa shape index (κ3) is 4.27. The standard InChI is InChI=1S/C19H27N7O/c27-18(24-10-6-1-2-7-11-24)16-23-12-14-25(15-13-23)19-20-21-22-26(19)17-8-4-3-5-9-17/h3-5,8-9H,1-2,6-7,10-16H2. The highest BCUT2D eigenvalue weighted by molar-refractivity contribution is 5.78. The predicted octanol–water partition coefficient (Wildman–Crippen LogP) is 1.19. The summed E-state index contributed by atoms with van der Waals surface area (Å²) in [4.78, 5) is 19.1. The van der Waals surface area contributed by atoms with E-state index in [2.05, 4.69) is 30.2 Å². The lowest BCUT2D eigenvalue weighted by Crippen LogP contribution is -2.50. The van der Waals surface area contributed by atoms with E-state index in [1.807, 2.05) is 30.3 Å². The Kier molecular flexibility index (Phi) is 5.62. The largest absolute Gasteiger partial charge is 0.342 e. The van der Waals surface area contributed by atoms with Gasteiger partial charge in [0.25, 0.3) is 0 Å². The van der Waals surface area contributed by atoms with Gasteiger partial charge in [0.15, 0.2) is 0 Å². The highest BCUT2D eigenvalue weighted by atomic mass is 16.2. The molecule has 2 fully saturated rings. The van der Waals surface area contributed by atoms with Crippen LogP contribution in [0.3, 0.4) is 0 Å². The summed E-state index contributed by atoms with van der Waals surface area (Å²) in [6.45, 7) is 5.70. The first-order valence-corrected chi connectivity index (χ1v) is 9.90. The monoisotopic (exact) mass is 369 g/mol. The van der Waals surface area contributed by atoms with E-state index in [1.54, 1.807) is 4.68 Å². The van der Waals surface area contributed by atoms with Gasteiger partial charge in [-0.25, -0.2) is 0 Å². The second-order valence-corrected chi connectivity index (χ2v) is 7.28. The van der Waals surface area contributed by atoms with Crippen LogP contribution in [0.1, 0.15) is 25.7 Å². The van der Waals surface area contributed by atoms with Crippen molar-refractivity contribution >= 4 is 11.9 Å². The first-order chi connectivity index (χ1) is 13.3. The number of tetrazole rings is 1. The van der Waals surface area contributed by atoms with Gasteiger partial charge in [-0.1, -0.05) is 36.1 Å². The molecule has 0 bridgehead atoms. The number of benzene rings is 1. The van der Waals surface area contributed by atoms with E-state index >= 15 is 0 Å². The predicted molar refractivity (Wildman–Crippen MR) is 103 cm³/mol. The maximum absolute atomic E-state index is 12.6. The zero-order valence-corrected chi connectivity index (χ0v) is 15.7. The summed E-state index contributed by atoms with van der Waals surface area (Å²) in [6, 6.07) is 9.93. The molecular formula is C19H27N7O. The molecule has 1 aromatic carbocycles. The van der Waals surface area contributed by atoms with Crippen LogP contribution in [0.4, 0.5) is 5.95 Å². The summed E-state index contributed by atoms with van der Waals surface area (Å²) in [6.07, 6.45) is 4.78. The van der Waals surface area contributed by atoms with Crippen molar-refractivity contribution in [2.75, 3.05) is 50.7 Å². The number of rotatable bonds is 4. The molecule has 2 aliphatic heterocycles. The average molecular weight is 369 g/mol. The Bertz CT molecular complexity index is 732. The van der Waals surface area contributed by atoms with Crippen LogP contribution >= 0.6 is 0 Å². The second kappa shape index (κ2) is 8.47. The fourth-order valence-corrected chi connectivity index (χ4v) is 3.83. The van der Waals surface area contributed by atoms with Crippen molar-refractivity contribution in [3.05, 3.63) is 30.3 Å². The van der Waals surface area contributed by atoms with Gasteiger partial charge in [-0.2, -0.15) is 4.68 Å². The summed E-state index contributed by atoms with van der Waals surface area (Å²) in [5.41, 5.74) is 0.955. The van der Waals surface area contributed by atoms with Crippen LogP contribution in [0.5, 0.6) is 0 Å². The summed E-state index contributed by atoms with van der Waals surface area (Å²) in [5.74, 6) is 1.04. The van der Waals surface area contributed by atoms with E-state index in [-0.39, 0.29) is 5.91 Å². The minimum absolute atomic E-state index is 0.277. The Morgan fingerprint density at radius 2 is 1.59 bits per heavy atom. The zero-order chi connectivity index (χ0) is 18.5. The Balaban J connectivity index is 1.33.